The van der Waals surface area contributed by atoms with E-state index in [1.54, 1.807) is 6.07 Å². The van der Waals surface area contributed by atoms with Crippen molar-refractivity contribution in [2.24, 2.45) is 0 Å². The Morgan fingerprint density at radius 3 is 2.77 bits per heavy atom. The van der Waals surface area contributed by atoms with E-state index >= 15 is 0 Å². The summed E-state index contributed by atoms with van der Waals surface area (Å²) < 4.78 is 25.9. The summed E-state index contributed by atoms with van der Waals surface area (Å²) in [4.78, 5) is 18.3. The molecule has 0 atom stereocenters. The van der Waals surface area contributed by atoms with Crippen LogP contribution in [-0.4, -0.2) is 65.6 Å². The number of halogens is 1. The van der Waals surface area contributed by atoms with Gasteiger partial charge in [-0.25, -0.2) is 14.2 Å². The van der Waals surface area contributed by atoms with Crippen LogP contribution in [-0.2, 0) is 16.0 Å². The maximum absolute atomic E-state index is 13.9. The van der Waals surface area contributed by atoms with Crippen LogP contribution in [0.25, 0.3) is 10.9 Å². The van der Waals surface area contributed by atoms with Gasteiger partial charge in [-0.3, -0.25) is 9.58 Å². The summed E-state index contributed by atoms with van der Waals surface area (Å²) >= 11 is 0. The number of methoxy groups -OCH3 is 1. The van der Waals surface area contributed by atoms with E-state index in [2.05, 4.69) is 26.8 Å². The number of anilines is 1. The Bertz CT molecular complexity index is 1180. The molecule has 1 aromatic carbocycles. The highest BCUT2D eigenvalue weighted by molar-refractivity contribution is 5.96. The average molecular weight is 423 g/mol. The number of benzene rings is 1. The molecule has 1 fully saturated rings. The van der Waals surface area contributed by atoms with Crippen LogP contribution < -0.4 is 5.73 Å². The van der Waals surface area contributed by atoms with Gasteiger partial charge in [-0.15, -0.1) is 0 Å². The van der Waals surface area contributed by atoms with Crippen LogP contribution in [0, 0.1) is 17.7 Å². The second kappa shape index (κ2) is 9.12. The zero-order valence-corrected chi connectivity index (χ0v) is 17.1. The molecule has 0 amide bonds. The van der Waals surface area contributed by atoms with Gasteiger partial charge in [0.05, 0.1) is 43.6 Å². The van der Waals surface area contributed by atoms with E-state index in [1.807, 2.05) is 4.68 Å². The summed E-state index contributed by atoms with van der Waals surface area (Å²) in [5.41, 5.74) is 7.79. The maximum Gasteiger partial charge on any atom is 0.340 e. The predicted molar refractivity (Wildman–Crippen MR) is 113 cm³/mol. The molecule has 3 heterocycles. The molecule has 0 unspecified atom stereocenters. The second-order valence-electron chi connectivity index (χ2n) is 7.05. The fraction of sp³-hybridized carbons (Fsp3) is 0.318. The molecule has 8 nitrogen and oxygen atoms in total. The first-order valence-corrected chi connectivity index (χ1v) is 9.88. The minimum absolute atomic E-state index is 0.129. The van der Waals surface area contributed by atoms with Crippen LogP contribution in [0.2, 0.25) is 0 Å². The Balaban J connectivity index is 1.66. The number of nitrogens with two attached hydrogens (primary N) is 1. The van der Waals surface area contributed by atoms with E-state index in [1.165, 1.54) is 31.5 Å². The number of rotatable bonds is 4. The quantitative estimate of drug-likeness (QED) is 0.504. The van der Waals surface area contributed by atoms with Gasteiger partial charge in [0.15, 0.2) is 0 Å². The minimum Gasteiger partial charge on any atom is -0.465 e. The lowest BCUT2D eigenvalue weighted by molar-refractivity contribution is 0.0361. The number of esters is 1. The van der Waals surface area contributed by atoms with Crippen molar-refractivity contribution in [3.8, 4) is 11.8 Å². The lowest BCUT2D eigenvalue weighted by Crippen LogP contribution is -2.38. The smallest absolute Gasteiger partial charge is 0.340 e. The molecular formula is C22H22FN5O3. The van der Waals surface area contributed by atoms with E-state index in [0.717, 1.165) is 38.4 Å². The van der Waals surface area contributed by atoms with Crippen molar-refractivity contribution in [1.29, 1.82) is 0 Å². The molecule has 2 aromatic heterocycles. The van der Waals surface area contributed by atoms with E-state index in [4.69, 9.17) is 15.2 Å². The van der Waals surface area contributed by atoms with Crippen molar-refractivity contribution >= 4 is 22.6 Å². The summed E-state index contributed by atoms with van der Waals surface area (Å²) in [6, 6.07) is 6.00. The first kappa shape index (κ1) is 20.8. The highest BCUT2D eigenvalue weighted by Crippen LogP contribution is 2.20. The number of hydrogen-bond donors (Lipinski definition) is 1. The zero-order valence-electron chi connectivity index (χ0n) is 17.1. The van der Waals surface area contributed by atoms with Crippen molar-refractivity contribution < 1.29 is 18.7 Å². The van der Waals surface area contributed by atoms with Crippen molar-refractivity contribution in [1.82, 2.24) is 19.7 Å². The Morgan fingerprint density at radius 2 is 2.00 bits per heavy atom. The van der Waals surface area contributed by atoms with E-state index < -0.39 is 5.97 Å². The molecule has 0 bridgehead atoms. The number of hydrogen-bond acceptors (Lipinski definition) is 7. The Morgan fingerprint density at radius 1 is 1.23 bits per heavy atom. The number of ether oxygens (including phenoxy) is 2. The van der Waals surface area contributed by atoms with Gasteiger partial charge >= 0.3 is 5.97 Å². The lowest BCUT2D eigenvalue weighted by Gasteiger charge is -2.26. The molecule has 0 saturated carbocycles. The SMILES string of the molecule is COC(=O)c1ccnc(C#Cc2nn(CCN3CCOCC3)c3ccc(F)cc23)c1N. The Kier molecular flexibility index (Phi) is 6.11. The third-order valence-corrected chi connectivity index (χ3v) is 5.14. The number of fused-ring (bicyclic) bond motifs is 1. The van der Waals surface area contributed by atoms with Gasteiger partial charge < -0.3 is 15.2 Å². The molecule has 31 heavy (non-hydrogen) atoms. The monoisotopic (exact) mass is 423 g/mol. The third-order valence-electron chi connectivity index (χ3n) is 5.14. The third kappa shape index (κ3) is 4.50. The summed E-state index contributed by atoms with van der Waals surface area (Å²) in [7, 11) is 1.28. The predicted octanol–water partition coefficient (Wildman–Crippen LogP) is 1.67. The number of morpholine rings is 1. The number of carbonyl (C=O) groups is 1. The van der Waals surface area contributed by atoms with Gasteiger partial charge in [0, 0.05) is 31.2 Å². The first-order chi connectivity index (χ1) is 15.1. The van der Waals surface area contributed by atoms with Crippen LogP contribution >= 0.6 is 0 Å². The van der Waals surface area contributed by atoms with Crippen molar-refractivity contribution in [2.75, 3.05) is 45.7 Å². The molecular weight excluding hydrogens is 401 g/mol. The highest BCUT2D eigenvalue weighted by Gasteiger charge is 2.15. The molecule has 3 aromatic rings. The normalized spacial score (nSPS) is 14.3. The summed E-state index contributed by atoms with van der Waals surface area (Å²) in [5, 5.41) is 5.20. The van der Waals surface area contributed by atoms with Gasteiger partial charge in [0.2, 0.25) is 0 Å². The molecule has 1 aliphatic heterocycles. The van der Waals surface area contributed by atoms with Crippen LogP contribution in [0.4, 0.5) is 10.1 Å². The molecule has 1 aliphatic rings. The number of pyridine rings is 1. The number of carbonyl (C=O) groups excluding carboxylic acids is 1. The van der Waals surface area contributed by atoms with Crippen LogP contribution in [0.1, 0.15) is 21.7 Å². The number of nitrogens with zero attached hydrogens (tertiary/aromatic N) is 4. The van der Waals surface area contributed by atoms with E-state index in [9.17, 15) is 9.18 Å². The van der Waals surface area contributed by atoms with Crippen LogP contribution in [0.3, 0.4) is 0 Å². The molecule has 1 saturated heterocycles. The molecule has 0 aliphatic carbocycles. The second-order valence-corrected chi connectivity index (χ2v) is 7.05. The Hall–Kier alpha value is -3.48. The minimum atomic E-state index is -0.567. The molecule has 9 heteroatoms. The lowest BCUT2D eigenvalue weighted by atomic mass is 10.1. The molecule has 4 rings (SSSR count). The van der Waals surface area contributed by atoms with Crippen LogP contribution in [0.5, 0.6) is 0 Å². The largest absolute Gasteiger partial charge is 0.465 e. The standard InChI is InChI=1S/C22H22FN5O3/c1-30-22(29)16-6-7-25-19(21(16)24)4-3-18-17-14-15(23)2-5-20(17)28(26-18)9-8-27-10-12-31-13-11-27/h2,5-7,14H,8-13,24H2,1H3. The summed E-state index contributed by atoms with van der Waals surface area (Å²) in [6.45, 7) is 4.65. The van der Waals surface area contributed by atoms with Gasteiger partial charge in [-0.2, -0.15) is 5.10 Å². The topological polar surface area (TPSA) is 95.5 Å². The summed E-state index contributed by atoms with van der Waals surface area (Å²) in [5.74, 6) is 4.86. The zero-order chi connectivity index (χ0) is 21.8. The first-order valence-electron chi connectivity index (χ1n) is 9.88. The number of aromatic nitrogens is 3. The molecule has 0 spiro atoms. The fourth-order valence-electron chi connectivity index (χ4n) is 3.45. The molecule has 2 N–H and O–H groups in total. The fourth-order valence-corrected chi connectivity index (χ4v) is 3.45. The van der Waals surface area contributed by atoms with Crippen molar-refractivity contribution in [3.63, 3.8) is 0 Å². The Labute approximate surface area is 178 Å². The van der Waals surface area contributed by atoms with Gasteiger partial charge in [0.1, 0.15) is 17.2 Å². The van der Waals surface area contributed by atoms with E-state index in [0.29, 0.717) is 17.6 Å². The maximum atomic E-state index is 13.9. The van der Waals surface area contributed by atoms with Gasteiger partial charge in [-0.1, -0.05) is 0 Å². The van der Waals surface area contributed by atoms with Gasteiger partial charge in [0.25, 0.3) is 0 Å². The average Bonchev–Trinajstić information content (AvgIpc) is 3.14. The van der Waals surface area contributed by atoms with Gasteiger partial charge in [-0.05, 0) is 36.1 Å². The van der Waals surface area contributed by atoms with Crippen LogP contribution in [0.15, 0.2) is 30.5 Å². The van der Waals surface area contributed by atoms with E-state index in [-0.39, 0.29) is 22.8 Å². The van der Waals surface area contributed by atoms with Crippen molar-refractivity contribution in [3.05, 3.63) is 53.2 Å². The summed E-state index contributed by atoms with van der Waals surface area (Å²) in [6.07, 6.45) is 1.44. The number of nitrogen functional groups attached to an aromatic ring is 1. The van der Waals surface area contributed by atoms with Crippen molar-refractivity contribution in [2.45, 2.75) is 6.54 Å². The molecule has 0 radical (unpaired) electrons. The molecule has 160 valence electrons. The highest BCUT2D eigenvalue weighted by atomic mass is 19.1.